The molecule has 0 N–H and O–H groups in total. The molecule has 0 saturated carbocycles. The van der Waals surface area contributed by atoms with Crippen molar-refractivity contribution in [1.29, 1.82) is 0 Å². The fraction of sp³-hybridized carbons (Fsp3) is 1.00. The highest BCUT2D eigenvalue weighted by molar-refractivity contribution is 7.93. The van der Waals surface area contributed by atoms with E-state index < -0.39 is 44.3 Å². The number of sulfone groups is 1. The number of nitrogens with zero attached hydrogens (tertiary/aromatic N) is 1. The van der Waals surface area contributed by atoms with E-state index in [2.05, 4.69) is 0 Å². The Balaban J connectivity index is 4.72. The maximum Gasteiger partial charge on any atom is 0.252 e. The smallest absolute Gasteiger partial charge is 0.229 e. The van der Waals surface area contributed by atoms with Gasteiger partial charge in [-0.3, -0.25) is 0 Å². The molecule has 0 saturated heterocycles. The van der Waals surface area contributed by atoms with Crippen molar-refractivity contribution in [2.24, 2.45) is 0 Å². The van der Waals surface area contributed by atoms with Crippen LogP contribution < -0.4 is 0 Å². The standard InChI is InChI=1S/C7H14ClF2NO4S2/c1-16(12,13)4-5-17(14,15)11(3-2-8)6-7(9)10/h7H,2-6H2,1H3. The lowest BCUT2D eigenvalue weighted by molar-refractivity contribution is 0.121. The Labute approximate surface area is 105 Å². The summed E-state index contributed by atoms with van der Waals surface area (Å²) in [6.07, 6.45) is -1.95. The average molecular weight is 314 g/mol. The molecule has 0 amide bonds. The average Bonchev–Trinajstić information content (AvgIpc) is 2.13. The second-order valence-electron chi connectivity index (χ2n) is 3.38. The van der Waals surface area contributed by atoms with Crippen molar-refractivity contribution < 1.29 is 25.6 Å². The number of rotatable bonds is 8. The van der Waals surface area contributed by atoms with Crippen molar-refractivity contribution in [3.05, 3.63) is 0 Å². The minimum Gasteiger partial charge on any atom is -0.229 e. The van der Waals surface area contributed by atoms with Crippen LogP contribution in [-0.2, 0) is 19.9 Å². The van der Waals surface area contributed by atoms with Gasteiger partial charge in [-0.05, 0) is 0 Å². The summed E-state index contributed by atoms with van der Waals surface area (Å²) in [7, 11) is -7.48. The lowest BCUT2D eigenvalue weighted by Crippen LogP contribution is -2.39. The summed E-state index contributed by atoms with van der Waals surface area (Å²) in [6.45, 7) is -1.24. The molecule has 0 aliphatic heterocycles. The molecule has 10 heteroatoms. The topological polar surface area (TPSA) is 71.5 Å². The third-order valence-electron chi connectivity index (χ3n) is 1.78. The largest absolute Gasteiger partial charge is 0.252 e. The number of hydrogen-bond acceptors (Lipinski definition) is 4. The number of sulfonamides is 1. The summed E-state index contributed by atoms with van der Waals surface area (Å²) < 4.78 is 69.6. The molecule has 0 spiro atoms. The van der Waals surface area contributed by atoms with Crippen molar-refractivity contribution in [2.45, 2.75) is 6.43 Å². The van der Waals surface area contributed by atoms with Gasteiger partial charge in [0.2, 0.25) is 10.0 Å². The van der Waals surface area contributed by atoms with Crippen molar-refractivity contribution in [3.63, 3.8) is 0 Å². The van der Waals surface area contributed by atoms with Crippen LogP contribution in [0.2, 0.25) is 0 Å². The minimum atomic E-state index is -4.02. The van der Waals surface area contributed by atoms with E-state index in [1.807, 2.05) is 0 Å². The van der Waals surface area contributed by atoms with E-state index in [0.717, 1.165) is 6.26 Å². The molecule has 104 valence electrons. The van der Waals surface area contributed by atoms with Crippen LogP contribution in [-0.4, -0.2) is 64.3 Å². The second-order valence-corrected chi connectivity index (χ2v) is 8.11. The van der Waals surface area contributed by atoms with Crippen LogP contribution in [0.1, 0.15) is 0 Å². The summed E-state index contributed by atoms with van der Waals surface area (Å²) in [5, 5.41) is 0. The Morgan fingerprint density at radius 2 is 1.71 bits per heavy atom. The molecule has 0 unspecified atom stereocenters. The molecule has 0 aromatic carbocycles. The van der Waals surface area contributed by atoms with Gasteiger partial charge in [0.25, 0.3) is 6.43 Å². The third-order valence-corrected chi connectivity index (χ3v) is 4.99. The molecule has 0 bridgehead atoms. The van der Waals surface area contributed by atoms with Crippen LogP contribution in [0, 0.1) is 0 Å². The molecule has 5 nitrogen and oxygen atoms in total. The normalized spacial score (nSPS) is 13.5. The Morgan fingerprint density at radius 1 is 1.18 bits per heavy atom. The van der Waals surface area contributed by atoms with E-state index in [1.54, 1.807) is 0 Å². The molecule has 17 heavy (non-hydrogen) atoms. The Kier molecular flexibility index (Phi) is 6.82. The van der Waals surface area contributed by atoms with E-state index in [-0.39, 0.29) is 12.4 Å². The van der Waals surface area contributed by atoms with Crippen molar-refractivity contribution in [1.82, 2.24) is 4.31 Å². The van der Waals surface area contributed by atoms with Gasteiger partial charge in [0.05, 0.1) is 18.1 Å². The quantitative estimate of drug-likeness (QED) is 0.599. The van der Waals surface area contributed by atoms with Gasteiger partial charge in [0.1, 0.15) is 9.84 Å². The molecular formula is C7H14ClF2NO4S2. The third kappa shape index (κ3) is 7.85. The maximum atomic E-state index is 12.1. The van der Waals surface area contributed by atoms with Gasteiger partial charge in [-0.1, -0.05) is 0 Å². The highest BCUT2D eigenvalue weighted by Gasteiger charge is 2.25. The summed E-state index contributed by atoms with van der Waals surface area (Å²) in [4.78, 5) is 0. The zero-order valence-corrected chi connectivity index (χ0v) is 11.5. The van der Waals surface area contributed by atoms with Crippen molar-refractivity contribution >= 4 is 31.5 Å². The van der Waals surface area contributed by atoms with Gasteiger partial charge in [0.15, 0.2) is 0 Å². The van der Waals surface area contributed by atoms with Crippen molar-refractivity contribution in [3.8, 4) is 0 Å². The lowest BCUT2D eigenvalue weighted by atomic mass is 10.6. The zero-order valence-electron chi connectivity index (χ0n) is 9.14. The SMILES string of the molecule is CS(=O)(=O)CCS(=O)(=O)N(CCCl)CC(F)F. The summed E-state index contributed by atoms with van der Waals surface area (Å²) >= 11 is 5.31. The van der Waals surface area contributed by atoms with E-state index in [1.165, 1.54) is 0 Å². The van der Waals surface area contributed by atoms with Crippen LogP contribution in [0.5, 0.6) is 0 Å². The first-order chi connectivity index (χ1) is 7.58. The van der Waals surface area contributed by atoms with Crippen LogP contribution in [0.25, 0.3) is 0 Å². The van der Waals surface area contributed by atoms with Crippen LogP contribution in [0.4, 0.5) is 8.78 Å². The van der Waals surface area contributed by atoms with Gasteiger partial charge in [-0.25, -0.2) is 25.6 Å². The van der Waals surface area contributed by atoms with Gasteiger partial charge in [-0.2, -0.15) is 4.31 Å². The van der Waals surface area contributed by atoms with Crippen LogP contribution >= 0.6 is 11.6 Å². The molecule has 0 fully saturated rings. The van der Waals surface area contributed by atoms with E-state index in [9.17, 15) is 25.6 Å². The fourth-order valence-corrected chi connectivity index (χ4v) is 4.30. The molecule has 0 heterocycles. The van der Waals surface area contributed by atoms with Gasteiger partial charge >= 0.3 is 0 Å². The van der Waals surface area contributed by atoms with E-state index in [4.69, 9.17) is 11.6 Å². The molecule has 0 radical (unpaired) electrons. The highest BCUT2D eigenvalue weighted by Crippen LogP contribution is 2.07. The van der Waals surface area contributed by atoms with Crippen molar-refractivity contribution in [2.75, 3.05) is 36.7 Å². The molecule has 0 aromatic rings. The lowest BCUT2D eigenvalue weighted by Gasteiger charge is -2.20. The predicted molar refractivity (Wildman–Crippen MR) is 61.8 cm³/mol. The predicted octanol–water partition coefficient (Wildman–Crippen LogP) is 0.167. The molecule has 0 aliphatic rings. The number of halogens is 3. The number of alkyl halides is 3. The highest BCUT2D eigenvalue weighted by atomic mass is 35.5. The minimum absolute atomic E-state index is 0.134. The van der Waals surface area contributed by atoms with Gasteiger partial charge in [0, 0.05) is 18.7 Å². The maximum absolute atomic E-state index is 12.1. The van der Waals surface area contributed by atoms with Gasteiger partial charge < -0.3 is 0 Å². The molecule has 0 atom stereocenters. The van der Waals surface area contributed by atoms with E-state index in [0.29, 0.717) is 4.31 Å². The zero-order chi connectivity index (χ0) is 13.7. The fourth-order valence-electron chi connectivity index (χ4n) is 0.978. The Hall–Kier alpha value is 0.01000. The van der Waals surface area contributed by atoms with Crippen LogP contribution in [0.15, 0.2) is 0 Å². The molecule has 0 aromatic heterocycles. The monoisotopic (exact) mass is 313 g/mol. The summed E-state index contributed by atoms with van der Waals surface area (Å²) in [6, 6.07) is 0. The molecule has 0 aliphatic carbocycles. The first kappa shape index (κ1) is 17.0. The summed E-state index contributed by atoms with van der Waals surface area (Å²) in [5.41, 5.74) is 0. The van der Waals surface area contributed by atoms with E-state index >= 15 is 0 Å². The Bertz CT molecular complexity index is 423. The van der Waals surface area contributed by atoms with Gasteiger partial charge in [-0.15, -0.1) is 11.6 Å². The van der Waals surface area contributed by atoms with Crippen LogP contribution in [0.3, 0.4) is 0 Å². The Morgan fingerprint density at radius 3 is 2.06 bits per heavy atom. The summed E-state index contributed by atoms with van der Waals surface area (Å²) in [5.74, 6) is -1.45. The first-order valence-electron chi connectivity index (χ1n) is 4.58. The molecule has 0 rings (SSSR count). The molecular weight excluding hydrogens is 300 g/mol. The number of hydrogen-bond donors (Lipinski definition) is 0. The first-order valence-corrected chi connectivity index (χ1v) is 8.78. The second kappa shape index (κ2) is 6.81.